The smallest absolute Gasteiger partial charge is 0.267 e. The van der Waals surface area contributed by atoms with E-state index in [-0.39, 0.29) is 37.9 Å². The van der Waals surface area contributed by atoms with Crippen molar-refractivity contribution in [3.05, 3.63) is 71.0 Å². The van der Waals surface area contributed by atoms with Crippen LogP contribution in [0.15, 0.2) is 58.3 Å². The topological polar surface area (TPSA) is 52.7 Å². The first-order valence-electron chi connectivity index (χ1n) is 14.2. The lowest BCUT2D eigenvalue weighted by molar-refractivity contribution is -0.291. The van der Waals surface area contributed by atoms with Crippen molar-refractivity contribution in [2.45, 2.75) is 60.2 Å². The number of hydrogen-bond donors (Lipinski definition) is 0. The van der Waals surface area contributed by atoms with E-state index in [0.29, 0.717) is 29.5 Å². The van der Waals surface area contributed by atoms with Gasteiger partial charge in [0.15, 0.2) is 0 Å². The molecule has 1 atom stereocenters. The molecule has 2 heterocycles. The molecule has 2 aromatic carbocycles. The number of hydrogen-bond acceptors (Lipinski definition) is 4. The van der Waals surface area contributed by atoms with Crippen LogP contribution in [0.25, 0.3) is 22.5 Å². The first-order valence-corrected chi connectivity index (χ1v) is 16.5. The van der Waals surface area contributed by atoms with Gasteiger partial charge in [-0.15, -0.1) is 11.8 Å². The Bertz CT molecular complexity index is 1940. The minimum Gasteiger partial charge on any atom is -0.267 e. The molecule has 0 saturated heterocycles. The Labute approximate surface area is 295 Å². The van der Waals surface area contributed by atoms with Gasteiger partial charge in [-0.2, -0.15) is 80.4 Å². The first-order chi connectivity index (χ1) is 23.9. The molecular formula is C30H24F16N4OS2. The van der Waals surface area contributed by atoms with Gasteiger partial charge in [-0.1, -0.05) is 24.3 Å². The van der Waals surface area contributed by atoms with Crippen molar-refractivity contribution >= 4 is 22.6 Å². The molecule has 1 unspecified atom stereocenters. The summed E-state index contributed by atoms with van der Waals surface area (Å²) in [4.78, 5) is 0.0420. The van der Waals surface area contributed by atoms with E-state index in [1.54, 1.807) is 6.92 Å². The summed E-state index contributed by atoms with van der Waals surface area (Å²) in [5, 5.41) is 6.39. The Hall–Kier alpha value is -3.76. The molecule has 0 fully saturated rings. The SMILES string of the molecule is Cc1ccc(-c2cc(C(F)(F)C(F)(F)F)nn2C)cc1S(=O)CC(F)(F)F.Cc1ccc(-c2cc(C(F)(F)C(F)(F)F)nn2C)cc1SCC(F)(F)F. The summed E-state index contributed by atoms with van der Waals surface area (Å²) in [6.45, 7) is 2.97. The highest BCUT2D eigenvalue weighted by molar-refractivity contribution is 7.99. The van der Waals surface area contributed by atoms with Gasteiger partial charge in [-0.25, -0.2) is 0 Å². The molecular weight excluding hydrogens is 800 g/mol. The average Bonchev–Trinajstić information content (AvgIpc) is 3.58. The predicted octanol–water partition coefficient (Wildman–Crippen LogP) is 10.4. The molecule has 0 amide bonds. The van der Waals surface area contributed by atoms with Crippen LogP contribution in [-0.2, 0) is 36.7 Å². The van der Waals surface area contributed by atoms with E-state index in [4.69, 9.17) is 0 Å². The molecule has 0 radical (unpaired) electrons. The number of thioether (sulfide) groups is 1. The lowest BCUT2D eigenvalue weighted by Gasteiger charge is -2.16. The Morgan fingerprint density at radius 3 is 1.42 bits per heavy atom. The highest BCUT2D eigenvalue weighted by atomic mass is 32.2. The zero-order valence-electron chi connectivity index (χ0n) is 27.1. The Balaban J connectivity index is 0.000000286. The van der Waals surface area contributed by atoms with Crippen LogP contribution in [0.4, 0.5) is 70.2 Å². The molecule has 0 bridgehead atoms. The average molecular weight is 825 g/mol. The van der Waals surface area contributed by atoms with Gasteiger partial charge < -0.3 is 0 Å². The minimum atomic E-state index is -5.86. The normalized spacial score (nSPS) is 13.9. The van der Waals surface area contributed by atoms with Crippen molar-refractivity contribution in [3.63, 3.8) is 0 Å². The van der Waals surface area contributed by atoms with Crippen LogP contribution < -0.4 is 0 Å². The number of rotatable bonds is 8. The monoisotopic (exact) mass is 824 g/mol. The molecule has 0 aliphatic rings. The number of aromatic nitrogens is 4. The summed E-state index contributed by atoms with van der Waals surface area (Å²) in [7, 11) is -0.179. The molecule has 294 valence electrons. The van der Waals surface area contributed by atoms with Crippen LogP contribution in [-0.4, -0.2) is 60.0 Å². The number of aryl methyl sites for hydroxylation is 4. The summed E-state index contributed by atoms with van der Waals surface area (Å²) < 4.78 is 217. The van der Waals surface area contributed by atoms with Crippen molar-refractivity contribution in [2.75, 3.05) is 11.5 Å². The molecule has 0 aliphatic carbocycles. The van der Waals surface area contributed by atoms with Crippen LogP contribution in [0, 0.1) is 13.8 Å². The zero-order valence-corrected chi connectivity index (χ0v) is 28.7. The highest BCUT2D eigenvalue weighted by Gasteiger charge is 2.61. The highest BCUT2D eigenvalue weighted by Crippen LogP contribution is 2.45. The summed E-state index contributed by atoms with van der Waals surface area (Å²) in [5.41, 5.74) is -2.34. The van der Waals surface area contributed by atoms with Gasteiger partial charge >= 0.3 is 36.6 Å². The third-order valence-electron chi connectivity index (χ3n) is 7.01. The van der Waals surface area contributed by atoms with Gasteiger partial charge in [-0.05, 0) is 49.2 Å². The van der Waals surface area contributed by atoms with Gasteiger partial charge in [0.2, 0.25) is 0 Å². The van der Waals surface area contributed by atoms with E-state index >= 15 is 0 Å². The Morgan fingerprint density at radius 1 is 0.604 bits per heavy atom. The van der Waals surface area contributed by atoms with Crippen molar-refractivity contribution in [2.24, 2.45) is 14.1 Å². The van der Waals surface area contributed by atoms with E-state index in [1.807, 2.05) is 0 Å². The number of alkyl halides is 16. The molecule has 53 heavy (non-hydrogen) atoms. The third kappa shape index (κ3) is 10.5. The maximum atomic E-state index is 13.5. The maximum absolute atomic E-state index is 13.5. The number of nitrogens with zero attached hydrogens (tertiary/aromatic N) is 4. The van der Waals surface area contributed by atoms with Crippen molar-refractivity contribution < 1.29 is 74.5 Å². The maximum Gasteiger partial charge on any atom is 0.459 e. The number of benzene rings is 2. The van der Waals surface area contributed by atoms with Crippen molar-refractivity contribution in [1.29, 1.82) is 0 Å². The van der Waals surface area contributed by atoms with Gasteiger partial charge in [0.1, 0.15) is 17.1 Å². The van der Waals surface area contributed by atoms with Crippen LogP contribution in [0.3, 0.4) is 0 Å². The van der Waals surface area contributed by atoms with Gasteiger partial charge in [-0.3, -0.25) is 13.6 Å². The van der Waals surface area contributed by atoms with E-state index in [2.05, 4.69) is 10.2 Å². The summed E-state index contributed by atoms with van der Waals surface area (Å²) in [6.07, 6.45) is -20.8. The molecule has 23 heteroatoms. The lowest BCUT2D eigenvalue weighted by Crippen LogP contribution is -2.34. The first kappa shape index (κ1) is 43.6. The van der Waals surface area contributed by atoms with Crippen LogP contribution >= 0.6 is 11.8 Å². The molecule has 0 aliphatic heterocycles. The molecule has 2 aromatic heterocycles. The van der Waals surface area contributed by atoms with Crippen molar-refractivity contribution in [1.82, 2.24) is 19.6 Å². The Morgan fingerprint density at radius 2 is 1.02 bits per heavy atom. The van der Waals surface area contributed by atoms with Crippen LogP contribution in [0.5, 0.6) is 0 Å². The molecule has 5 nitrogen and oxygen atoms in total. The zero-order chi connectivity index (χ0) is 40.7. The fourth-order valence-electron chi connectivity index (χ4n) is 4.38. The van der Waals surface area contributed by atoms with E-state index in [0.717, 1.165) is 22.5 Å². The molecule has 0 saturated carbocycles. The summed E-state index contributed by atoms with van der Waals surface area (Å²) >= 11 is 0.502. The predicted molar refractivity (Wildman–Crippen MR) is 161 cm³/mol. The minimum absolute atomic E-state index is 0.00495. The molecule has 0 N–H and O–H groups in total. The second-order valence-electron chi connectivity index (χ2n) is 11.2. The quantitative estimate of drug-likeness (QED) is 0.131. The fraction of sp³-hybridized carbons (Fsp3) is 0.400. The second kappa shape index (κ2) is 15.2. The standard InChI is InChI=1S/C15H12F8N2OS.C15H12F8N2S/c1-8-3-4-9(5-11(8)27(26)7-13(16,17)18)10-6-12(24-25(10)2)14(19,20)15(21,22)23;1-8-3-4-9(5-11(8)26-7-13(16,17)18)10-6-12(24-25(10)2)14(19,20)15(21,22)23/h3-6H,7H2,1-2H3;3-6H,7H2,1-2H3. The van der Waals surface area contributed by atoms with Gasteiger partial charge in [0, 0.05) is 35.0 Å². The van der Waals surface area contributed by atoms with Crippen LogP contribution in [0.1, 0.15) is 22.5 Å². The van der Waals surface area contributed by atoms with E-state index in [1.165, 1.54) is 44.3 Å². The molecule has 4 aromatic rings. The van der Waals surface area contributed by atoms with E-state index < -0.39 is 70.2 Å². The van der Waals surface area contributed by atoms with Gasteiger partial charge in [0.25, 0.3) is 0 Å². The largest absolute Gasteiger partial charge is 0.459 e. The summed E-state index contributed by atoms with van der Waals surface area (Å²) in [5.74, 6) is -13.1. The summed E-state index contributed by atoms with van der Waals surface area (Å²) in [6, 6.07) is 8.92. The molecule has 0 spiro atoms. The van der Waals surface area contributed by atoms with Crippen molar-refractivity contribution in [3.8, 4) is 22.5 Å². The van der Waals surface area contributed by atoms with Crippen LogP contribution in [0.2, 0.25) is 0 Å². The fourth-order valence-corrected chi connectivity index (χ4v) is 6.34. The Kier molecular flexibility index (Phi) is 12.5. The third-order valence-corrected chi connectivity index (χ3v) is 9.76. The lowest BCUT2D eigenvalue weighted by atomic mass is 10.1. The van der Waals surface area contributed by atoms with Gasteiger partial charge in [0.05, 0.1) is 27.9 Å². The number of halogens is 16. The molecule has 4 rings (SSSR count). The second-order valence-corrected chi connectivity index (χ2v) is 13.6. The van der Waals surface area contributed by atoms with E-state index in [9.17, 15) is 74.5 Å².